The van der Waals surface area contributed by atoms with Crippen molar-refractivity contribution in [3.8, 4) is 0 Å². The first-order chi connectivity index (χ1) is 5.45. The second-order valence-corrected chi connectivity index (χ2v) is 15.8. The van der Waals surface area contributed by atoms with E-state index in [-0.39, 0.29) is 5.53 Å². The predicted octanol–water partition coefficient (Wildman–Crippen LogP) is 4.99. The van der Waals surface area contributed by atoms with Crippen LogP contribution in [0.15, 0.2) is 35.2 Å². The number of hydrogen-bond acceptors (Lipinski definition) is 3. The zero-order valence-corrected chi connectivity index (χ0v) is 9.90. The van der Waals surface area contributed by atoms with Crippen LogP contribution in [0.2, 0.25) is 0 Å². The molecule has 0 aliphatic carbocycles. The van der Waals surface area contributed by atoms with Crippen molar-refractivity contribution < 1.29 is 0 Å². The van der Waals surface area contributed by atoms with Crippen LogP contribution in [-0.2, 0) is 0 Å². The van der Waals surface area contributed by atoms with Crippen LogP contribution < -0.4 is 0 Å². The van der Waals surface area contributed by atoms with Gasteiger partial charge in [-0.3, -0.25) is 0 Å². The number of benzene rings is 1. The Hall–Kier alpha value is 1.13. The van der Waals surface area contributed by atoms with E-state index in [1.54, 1.807) is 0 Å². The van der Waals surface area contributed by atoms with Crippen molar-refractivity contribution in [3.05, 3.63) is 30.3 Å². The lowest BCUT2D eigenvalue weighted by Gasteiger charge is -2.21. The van der Waals surface area contributed by atoms with Crippen molar-refractivity contribution in [1.29, 1.82) is 0 Å². The maximum absolute atomic E-state index is 2.19. The molecule has 1 aliphatic heterocycles. The third kappa shape index (κ3) is 2.54. The Kier molecular flexibility index (Phi) is 3.48. The first kappa shape index (κ1) is 8.72. The van der Waals surface area contributed by atoms with Crippen LogP contribution in [0.3, 0.4) is 0 Å². The van der Waals surface area contributed by atoms with Crippen LogP contribution in [0.5, 0.6) is 0 Å². The first-order valence-electron chi connectivity index (χ1n) is 3.07. The molecule has 0 atom stereocenters. The Morgan fingerprint density at radius 3 is 2.45 bits per heavy atom. The van der Waals surface area contributed by atoms with Gasteiger partial charge >= 0.3 is 0 Å². The fourth-order valence-corrected chi connectivity index (χ4v) is 16.9. The summed E-state index contributed by atoms with van der Waals surface area (Å²) in [7, 11) is 0. The van der Waals surface area contributed by atoms with Crippen molar-refractivity contribution in [2.24, 2.45) is 0 Å². The molecule has 1 aromatic carbocycles. The largest absolute Gasteiger partial charge is 0.0876 e. The van der Waals surface area contributed by atoms with Gasteiger partial charge in [-0.1, -0.05) is 51.6 Å². The summed E-state index contributed by atoms with van der Waals surface area (Å²) in [6, 6.07) is 10.7. The molecule has 0 radical (unpaired) electrons. The van der Waals surface area contributed by atoms with E-state index in [0.29, 0.717) is 0 Å². The zero-order valence-electron chi connectivity index (χ0n) is 5.56. The first-order valence-corrected chi connectivity index (χ1v) is 11.1. The van der Waals surface area contributed by atoms with Crippen LogP contribution in [0.25, 0.3) is 0 Å². The minimum atomic E-state index is 0.188. The lowest BCUT2D eigenvalue weighted by Crippen LogP contribution is -1.64. The quantitative estimate of drug-likeness (QED) is 0.663. The summed E-state index contributed by atoms with van der Waals surface area (Å²) in [4.78, 5) is 1.42. The van der Waals surface area contributed by atoms with Crippen LogP contribution in [0.1, 0.15) is 0 Å². The molecule has 1 aromatic rings. The van der Waals surface area contributed by atoms with Gasteiger partial charge in [-0.2, -0.15) is 0 Å². The van der Waals surface area contributed by atoms with Gasteiger partial charge in [0.25, 0.3) is 0 Å². The minimum absolute atomic E-state index is 0.188. The van der Waals surface area contributed by atoms with Gasteiger partial charge in [0.05, 0.1) is 5.53 Å². The predicted molar refractivity (Wildman–Crippen MR) is 62.7 cm³/mol. The lowest BCUT2D eigenvalue weighted by molar-refractivity contribution is 1.48. The second kappa shape index (κ2) is 4.39. The van der Waals surface area contributed by atoms with Crippen molar-refractivity contribution in [2.75, 3.05) is 0 Å². The van der Waals surface area contributed by atoms with E-state index in [1.165, 1.54) is 4.90 Å². The summed E-state index contributed by atoms with van der Waals surface area (Å²) in [6.07, 6.45) is 0. The summed E-state index contributed by atoms with van der Waals surface area (Å²) in [5.74, 6) is 0. The Morgan fingerprint density at radius 2 is 1.91 bits per heavy atom. The minimum Gasteiger partial charge on any atom is -0.0756 e. The standard InChI is InChI=1S/C6H6P2S3/c1-2-4-6(5-3-1)9-8-10-7-11-8/h1-5,7H. The highest BCUT2D eigenvalue weighted by atomic mass is 33.7. The Labute approximate surface area is 81.0 Å². The van der Waals surface area contributed by atoms with Gasteiger partial charge in [0.1, 0.15) is 0 Å². The number of hydrogen-bond donors (Lipinski definition) is 0. The maximum atomic E-state index is 2.19. The monoisotopic (exact) mass is 236 g/mol. The molecule has 1 aliphatic rings. The molecule has 11 heavy (non-hydrogen) atoms. The molecule has 2 rings (SSSR count). The van der Waals surface area contributed by atoms with E-state index in [2.05, 4.69) is 52.3 Å². The lowest BCUT2D eigenvalue weighted by atomic mass is 10.4. The molecule has 0 nitrogen and oxygen atoms in total. The summed E-state index contributed by atoms with van der Waals surface area (Å²) in [5.41, 5.74) is 0.188. The molecule has 58 valence electrons. The average molecular weight is 236 g/mol. The molecule has 1 heterocycles. The molecule has 0 unspecified atom stereocenters. The van der Waals surface area contributed by atoms with Crippen LogP contribution in [-0.4, -0.2) is 0 Å². The molecular formula is C6H6P2S3. The summed E-state index contributed by atoms with van der Waals surface area (Å²) in [6.45, 7) is 1.09. The Morgan fingerprint density at radius 1 is 1.18 bits per heavy atom. The topological polar surface area (TPSA) is 0 Å². The SMILES string of the molecule is c1ccc(SP2SPS2)cc1. The fourth-order valence-electron chi connectivity index (χ4n) is 0.672. The van der Waals surface area contributed by atoms with Crippen molar-refractivity contribution >= 4 is 45.9 Å². The van der Waals surface area contributed by atoms with Gasteiger partial charge in [-0.15, -0.1) is 0 Å². The molecule has 0 bridgehead atoms. The highest BCUT2D eigenvalue weighted by Crippen LogP contribution is 2.93. The molecule has 0 aromatic heterocycles. The van der Waals surface area contributed by atoms with Crippen LogP contribution >= 0.6 is 45.9 Å². The Bertz CT molecular complexity index is 225. The van der Waals surface area contributed by atoms with E-state index < -0.39 is 0 Å². The summed E-state index contributed by atoms with van der Waals surface area (Å²) >= 11 is 6.27. The van der Waals surface area contributed by atoms with Crippen LogP contribution in [0.4, 0.5) is 0 Å². The van der Waals surface area contributed by atoms with E-state index in [1.807, 2.05) is 11.4 Å². The highest BCUT2D eigenvalue weighted by molar-refractivity contribution is 9.43. The van der Waals surface area contributed by atoms with Gasteiger partial charge in [-0.25, -0.2) is 0 Å². The molecule has 0 amide bonds. The van der Waals surface area contributed by atoms with E-state index >= 15 is 0 Å². The van der Waals surface area contributed by atoms with Crippen molar-refractivity contribution in [1.82, 2.24) is 0 Å². The summed E-state index contributed by atoms with van der Waals surface area (Å²) in [5, 5.41) is 0. The van der Waals surface area contributed by atoms with Crippen molar-refractivity contribution in [2.45, 2.75) is 4.90 Å². The van der Waals surface area contributed by atoms with Gasteiger partial charge in [0.15, 0.2) is 0 Å². The highest BCUT2D eigenvalue weighted by Gasteiger charge is 2.20. The smallest absolute Gasteiger partial charge is 0.0756 e. The van der Waals surface area contributed by atoms with Crippen molar-refractivity contribution in [3.63, 3.8) is 0 Å². The van der Waals surface area contributed by atoms with Gasteiger partial charge in [0, 0.05) is 11.9 Å². The average Bonchev–Trinajstić information content (AvgIpc) is 1.99. The molecular weight excluding hydrogens is 230 g/mol. The van der Waals surface area contributed by atoms with Gasteiger partial charge < -0.3 is 0 Å². The Balaban J connectivity index is 1.95. The molecule has 0 saturated carbocycles. The van der Waals surface area contributed by atoms with E-state index in [9.17, 15) is 0 Å². The van der Waals surface area contributed by atoms with Crippen LogP contribution in [0, 0.1) is 0 Å². The molecule has 0 N–H and O–H groups in total. The van der Waals surface area contributed by atoms with E-state index in [4.69, 9.17) is 0 Å². The van der Waals surface area contributed by atoms with E-state index in [0.717, 1.165) is 6.98 Å². The maximum Gasteiger partial charge on any atom is 0.0876 e. The summed E-state index contributed by atoms with van der Waals surface area (Å²) < 4.78 is 0. The third-order valence-corrected chi connectivity index (χ3v) is 22.1. The molecule has 1 fully saturated rings. The molecule has 0 spiro atoms. The molecule has 5 heteroatoms. The second-order valence-electron chi connectivity index (χ2n) is 1.89. The zero-order chi connectivity index (χ0) is 7.52. The normalized spacial score (nSPS) is 24.9. The number of rotatable bonds is 2. The third-order valence-electron chi connectivity index (χ3n) is 1.15. The molecule has 1 saturated heterocycles. The van der Waals surface area contributed by atoms with Gasteiger partial charge in [0.2, 0.25) is 0 Å². The fraction of sp³-hybridized carbons (Fsp3) is 0. The van der Waals surface area contributed by atoms with Gasteiger partial charge in [-0.05, 0) is 12.1 Å².